The van der Waals surface area contributed by atoms with Gasteiger partial charge in [-0.15, -0.1) is 0 Å². The summed E-state index contributed by atoms with van der Waals surface area (Å²) in [7, 11) is 1.84. The normalized spacial score (nSPS) is 14.7. The maximum Gasteiger partial charge on any atom is 0.239 e. The second-order valence-electron chi connectivity index (χ2n) is 4.28. The molecule has 0 aliphatic heterocycles. The van der Waals surface area contributed by atoms with Crippen LogP contribution in [0.15, 0.2) is 0 Å². The Morgan fingerprint density at radius 2 is 1.93 bits per heavy atom. The van der Waals surface area contributed by atoms with Crippen molar-refractivity contribution in [1.29, 1.82) is 0 Å². The van der Waals surface area contributed by atoms with Crippen LogP contribution in [0.5, 0.6) is 0 Å². The summed E-state index contributed by atoms with van der Waals surface area (Å²) >= 11 is 0. The average Bonchev–Trinajstić information content (AvgIpc) is 2.23. The smallest absolute Gasteiger partial charge is 0.239 e. The van der Waals surface area contributed by atoms with E-state index in [4.69, 9.17) is 0 Å². The van der Waals surface area contributed by atoms with Crippen molar-refractivity contribution in [3.63, 3.8) is 0 Å². The first-order chi connectivity index (χ1) is 7.02. The van der Waals surface area contributed by atoms with Crippen LogP contribution in [0, 0.1) is 0 Å². The third kappa shape index (κ3) is 5.78. The van der Waals surface area contributed by atoms with E-state index in [1.165, 1.54) is 12.8 Å². The number of amides is 1. The van der Waals surface area contributed by atoms with Crippen LogP contribution < -0.4 is 5.32 Å². The molecule has 2 atom stereocenters. The molecule has 1 N–H and O–H groups in total. The van der Waals surface area contributed by atoms with E-state index in [0.29, 0.717) is 6.04 Å². The molecular weight excluding hydrogens is 188 g/mol. The second kappa shape index (κ2) is 7.69. The van der Waals surface area contributed by atoms with Crippen molar-refractivity contribution >= 4 is 5.91 Å². The van der Waals surface area contributed by atoms with Crippen molar-refractivity contribution in [2.24, 2.45) is 0 Å². The zero-order valence-electron chi connectivity index (χ0n) is 10.8. The van der Waals surface area contributed by atoms with Crippen LogP contribution in [0.1, 0.15) is 47.0 Å². The van der Waals surface area contributed by atoms with Gasteiger partial charge in [0.1, 0.15) is 0 Å². The number of nitrogens with one attached hydrogen (secondary N) is 1. The molecule has 0 aromatic rings. The van der Waals surface area contributed by atoms with Gasteiger partial charge in [0.15, 0.2) is 0 Å². The van der Waals surface area contributed by atoms with Gasteiger partial charge < -0.3 is 10.2 Å². The topological polar surface area (TPSA) is 32.3 Å². The van der Waals surface area contributed by atoms with E-state index < -0.39 is 0 Å². The molecule has 0 bridgehead atoms. The summed E-state index contributed by atoms with van der Waals surface area (Å²) in [5, 5.41) is 3.34. The number of carbonyl (C=O) groups excluding carboxylic acids is 1. The predicted octanol–water partition coefficient (Wildman–Crippen LogP) is 2.02. The van der Waals surface area contributed by atoms with Gasteiger partial charge in [-0.25, -0.2) is 0 Å². The molecule has 0 radical (unpaired) electrons. The standard InChI is InChI=1S/C12H26N2O/c1-6-8-9-10(3)13-11(4)12(15)14(5)7-2/h10-11,13H,6-9H2,1-5H3. The van der Waals surface area contributed by atoms with Gasteiger partial charge in [0.2, 0.25) is 5.91 Å². The molecule has 3 heteroatoms. The van der Waals surface area contributed by atoms with Gasteiger partial charge in [-0.2, -0.15) is 0 Å². The van der Waals surface area contributed by atoms with Crippen LogP contribution in [0.2, 0.25) is 0 Å². The lowest BCUT2D eigenvalue weighted by Gasteiger charge is -2.23. The Morgan fingerprint density at radius 3 is 2.40 bits per heavy atom. The molecule has 2 unspecified atom stereocenters. The first-order valence-electron chi connectivity index (χ1n) is 6.03. The molecule has 0 saturated heterocycles. The number of rotatable bonds is 7. The van der Waals surface area contributed by atoms with Crippen LogP contribution in [0.4, 0.5) is 0 Å². The zero-order chi connectivity index (χ0) is 11.8. The number of nitrogens with zero attached hydrogens (tertiary/aromatic N) is 1. The van der Waals surface area contributed by atoms with Gasteiger partial charge in [0, 0.05) is 19.6 Å². The van der Waals surface area contributed by atoms with Crippen LogP contribution in [-0.2, 0) is 4.79 Å². The molecule has 0 heterocycles. The zero-order valence-corrected chi connectivity index (χ0v) is 10.8. The number of hydrogen-bond acceptors (Lipinski definition) is 2. The molecule has 0 rings (SSSR count). The quantitative estimate of drug-likeness (QED) is 0.703. The van der Waals surface area contributed by atoms with Crippen molar-refractivity contribution < 1.29 is 4.79 Å². The predicted molar refractivity (Wildman–Crippen MR) is 64.9 cm³/mol. The van der Waals surface area contributed by atoms with Gasteiger partial charge in [0.05, 0.1) is 6.04 Å². The van der Waals surface area contributed by atoms with Gasteiger partial charge in [-0.1, -0.05) is 19.8 Å². The summed E-state index contributed by atoms with van der Waals surface area (Å²) in [5.41, 5.74) is 0. The maximum atomic E-state index is 11.7. The van der Waals surface area contributed by atoms with Gasteiger partial charge in [-0.3, -0.25) is 4.79 Å². The van der Waals surface area contributed by atoms with Crippen LogP contribution in [-0.4, -0.2) is 36.5 Å². The lowest BCUT2D eigenvalue weighted by Crippen LogP contribution is -2.46. The third-order valence-electron chi connectivity index (χ3n) is 2.75. The van der Waals surface area contributed by atoms with E-state index in [2.05, 4.69) is 19.2 Å². The fourth-order valence-electron chi connectivity index (χ4n) is 1.58. The molecular formula is C12H26N2O. The molecule has 3 nitrogen and oxygen atoms in total. The summed E-state index contributed by atoms with van der Waals surface area (Å²) in [6.45, 7) is 9.04. The Labute approximate surface area is 94.2 Å². The summed E-state index contributed by atoms with van der Waals surface area (Å²) in [4.78, 5) is 13.5. The molecule has 15 heavy (non-hydrogen) atoms. The molecule has 0 fully saturated rings. The molecule has 1 amide bonds. The van der Waals surface area contributed by atoms with Crippen LogP contribution >= 0.6 is 0 Å². The highest BCUT2D eigenvalue weighted by Gasteiger charge is 2.17. The van der Waals surface area contributed by atoms with Gasteiger partial charge >= 0.3 is 0 Å². The summed E-state index contributed by atoms with van der Waals surface area (Å²) in [6.07, 6.45) is 3.58. The number of hydrogen-bond donors (Lipinski definition) is 1. The number of likely N-dealkylation sites (N-methyl/N-ethyl adjacent to an activating group) is 1. The Kier molecular flexibility index (Phi) is 7.39. The van der Waals surface area contributed by atoms with Crippen molar-refractivity contribution in [3.05, 3.63) is 0 Å². The van der Waals surface area contributed by atoms with E-state index in [1.807, 2.05) is 20.9 Å². The van der Waals surface area contributed by atoms with Crippen molar-refractivity contribution in [2.45, 2.75) is 59.0 Å². The molecule has 0 aliphatic carbocycles. The van der Waals surface area contributed by atoms with E-state index in [9.17, 15) is 4.79 Å². The van der Waals surface area contributed by atoms with Crippen LogP contribution in [0.25, 0.3) is 0 Å². The maximum absolute atomic E-state index is 11.7. The second-order valence-corrected chi connectivity index (χ2v) is 4.28. The van der Waals surface area contributed by atoms with Crippen molar-refractivity contribution in [2.75, 3.05) is 13.6 Å². The molecule has 0 aliphatic rings. The van der Waals surface area contributed by atoms with Gasteiger partial charge in [0.25, 0.3) is 0 Å². The molecule has 0 spiro atoms. The number of carbonyl (C=O) groups is 1. The minimum Gasteiger partial charge on any atom is -0.345 e. The average molecular weight is 214 g/mol. The Hall–Kier alpha value is -0.570. The Balaban J connectivity index is 3.90. The highest BCUT2D eigenvalue weighted by Crippen LogP contribution is 2.01. The summed E-state index contributed by atoms with van der Waals surface area (Å²) < 4.78 is 0. The molecule has 0 aromatic carbocycles. The molecule has 0 aromatic heterocycles. The van der Waals surface area contributed by atoms with E-state index in [-0.39, 0.29) is 11.9 Å². The van der Waals surface area contributed by atoms with Crippen molar-refractivity contribution in [1.82, 2.24) is 10.2 Å². The van der Waals surface area contributed by atoms with E-state index in [0.717, 1.165) is 13.0 Å². The summed E-state index contributed by atoms with van der Waals surface area (Å²) in [5.74, 6) is 0.181. The van der Waals surface area contributed by atoms with E-state index in [1.54, 1.807) is 4.90 Å². The lowest BCUT2D eigenvalue weighted by atomic mass is 10.1. The Morgan fingerprint density at radius 1 is 1.33 bits per heavy atom. The summed E-state index contributed by atoms with van der Waals surface area (Å²) in [6, 6.07) is 0.357. The highest BCUT2D eigenvalue weighted by atomic mass is 16.2. The monoisotopic (exact) mass is 214 g/mol. The number of unbranched alkanes of at least 4 members (excludes halogenated alkanes) is 1. The lowest BCUT2D eigenvalue weighted by molar-refractivity contribution is -0.131. The minimum atomic E-state index is -0.0678. The SMILES string of the molecule is CCCCC(C)NC(C)C(=O)N(C)CC. The first-order valence-corrected chi connectivity index (χ1v) is 6.03. The fourth-order valence-corrected chi connectivity index (χ4v) is 1.58. The highest BCUT2D eigenvalue weighted by molar-refractivity contribution is 5.81. The minimum absolute atomic E-state index is 0.0678. The van der Waals surface area contributed by atoms with E-state index >= 15 is 0 Å². The first kappa shape index (κ1) is 14.4. The third-order valence-corrected chi connectivity index (χ3v) is 2.75. The molecule has 0 saturated carbocycles. The fraction of sp³-hybridized carbons (Fsp3) is 0.917. The van der Waals surface area contributed by atoms with Gasteiger partial charge in [-0.05, 0) is 27.2 Å². The van der Waals surface area contributed by atoms with Crippen LogP contribution in [0.3, 0.4) is 0 Å². The largest absolute Gasteiger partial charge is 0.345 e. The molecule has 90 valence electrons. The van der Waals surface area contributed by atoms with Crippen molar-refractivity contribution in [3.8, 4) is 0 Å². The Bertz CT molecular complexity index is 182.